The monoisotopic (exact) mass is 488 g/mol. The number of nitrogens with one attached hydrogen (secondary N) is 3. The first-order chi connectivity index (χ1) is 17.6. The normalized spacial score (nSPS) is 14.9. The molecule has 0 saturated carbocycles. The molecule has 0 bridgehead atoms. The zero-order valence-electron chi connectivity index (χ0n) is 20.1. The number of hydrogen-bond donors (Lipinski definition) is 3. The van der Waals surface area contributed by atoms with Gasteiger partial charge in [-0.15, -0.1) is 0 Å². The molecule has 1 fully saturated rings. The largest absolute Gasteiger partial charge is 0.463 e. The summed E-state index contributed by atoms with van der Waals surface area (Å²) in [5, 5.41) is 14.0. The van der Waals surface area contributed by atoms with Crippen LogP contribution in [0.5, 0.6) is 0 Å². The number of hydrogen-bond acceptors (Lipinski definition) is 8. The number of H-pyrrole nitrogens is 1. The Balaban J connectivity index is 1.31. The molecule has 3 N–H and O–H groups in total. The number of piperazine rings is 1. The summed E-state index contributed by atoms with van der Waals surface area (Å²) in [6.07, 6.45) is 5.28. The van der Waals surface area contributed by atoms with E-state index in [0.29, 0.717) is 29.0 Å². The summed E-state index contributed by atoms with van der Waals surface area (Å²) in [5.74, 6) is 2.87. The molecule has 10 heteroatoms. The standard InChI is InChI=1S/C26H29FN8O/c1-34-12-14-35(15-13-34)11-10-28-24-18-25(31-26-17-21(32-33-26)22-3-2-16-36-22)30-23(29-24)9-6-19-4-7-20(27)8-5-19/h2-9,16-18H,10-15H2,1H3,(H3,28,29,30,31,32,33)/b9-6+. The maximum absolute atomic E-state index is 13.2. The van der Waals surface area contributed by atoms with Crippen molar-refractivity contribution in [2.24, 2.45) is 0 Å². The Morgan fingerprint density at radius 3 is 2.58 bits per heavy atom. The van der Waals surface area contributed by atoms with Crippen LogP contribution in [0.25, 0.3) is 23.6 Å². The fourth-order valence-electron chi connectivity index (χ4n) is 3.93. The molecular weight excluding hydrogens is 459 g/mol. The lowest BCUT2D eigenvalue weighted by molar-refractivity contribution is 0.158. The predicted octanol–water partition coefficient (Wildman–Crippen LogP) is 4.17. The molecule has 0 atom stereocenters. The molecule has 4 heterocycles. The van der Waals surface area contributed by atoms with Crippen LogP contribution in [0.2, 0.25) is 0 Å². The zero-order chi connectivity index (χ0) is 24.7. The molecule has 1 saturated heterocycles. The topological polar surface area (TPSA) is 98.1 Å². The van der Waals surface area contributed by atoms with Crippen molar-refractivity contribution in [3.8, 4) is 11.5 Å². The highest BCUT2D eigenvalue weighted by Gasteiger charge is 2.13. The van der Waals surface area contributed by atoms with Crippen molar-refractivity contribution in [2.75, 3.05) is 56.9 Å². The Labute approximate surface area is 209 Å². The van der Waals surface area contributed by atoms with Crippen molar-refractivity contribution >= 4 is 29.6 Å². The summed E-state index contributed by atoms with van der Waals surface area (Å²) < 4.78 is 18.7. The van der Waals surface area contributed by atoms with E-state index in [0.717, 1.165) is 50.5 Å². The van der Waals surface area contributed by atoms with E-state index < -0.39 is 0 Å². The van der Waals surface area contributed by atoms with Crippen LogP contribution in [-0.2, 0) is 0 Å². The van der Waals surface area contributed by atoms with Crippen LogP contribution >= 0.6 is 0 Å². The van der Waals surface area contributed by atoms with Crippen LogP contribution in [-0.4, -0.2) is 76.3 Å². The Hall–Kier alpha value is -4.02. The maximum atomic E-state index is 13.2. The summed E-state index contributed by atoms with van der Waals surface area (Å²) >= 11 is 0. The van der Waals surface area contributed by atoms with Gasteiger partial charge in [-0.05, 0) is 43.0 Å². The molecule has 1 aliphatic rings. The number of nitrogens with zero attached hydrogens (tertiary/aromatic N) is 5. The molecular formula is C26H29FN8O. The van der Waals surface area contributed by atoms with Gasteiger partial charge in [0.15, 0.2) is 17.4 Å². The lowest BCUT2D eigenvalue weighted by atomic mass is 10.2. The lowest BCUT2D eigenvalue weighted by Crippen LogP contribution is -2.45. The van der Waals surface area contributed by atoms with Crippen molar-refractivity contribution in [3.63, 3.8) is 0 Å². The number of aromatic nitrogens is 4. The van der Waals surface area contributed by atoms with Crippen LogP contribution in [0.1, 0.15) is 11.4 Å². The summed E-state index contributed by atoms with van der Waals surface area (Å²) in [5.41, 5.74) is 1.62. The fraction of sp³-hybridized carbons (Fsp3) is 0.269. The SMILES string of the molecule is CN1CCN(CCNc2cc(Nc3cc(-c4ccco4)[nH]n3)nc(/C=C/c3ccc(F)cc3)n2)CC1. The molecule has 9 nitrogen and oxygen atoms in total. The van der Waals surface area contributed by atoms with Gasteiger partial charge in [-0.2, -0.15) is 5.10 Å². The van der Waals surface area contributed by atoms with E-state index in [4.69, 9.17) is 4.42 Å². The highest BCUT2D eigenvalue weighted by atomic mass is 19.1. The van der Waals surface area contributed by atoms with Gasteiger partial charge >= 0.3 is 0 Å². The van der Waals surface area contributed by atoms with Gasteiger partial charge in [-0.1, -0.05) is 18.2 Å². The molecule has 0 radical (unpaired) electrons. The van der Waals surface area contributed by atoms with Crippen LogP contribution in [0.4, 0.5) is 21.8 Å². The highest BCUT2D eigenvalue weighted by molar-refractivity contribution is 5.69. The number of aromatic amines is 1. The van der Waals surface area contributed by atoms with Gasteiger partial charge in [0.2, 0.25) is 0 Å². The average Bonchev–Trinajstić information content (AvgIpc) is 3.57. The third-order valence-corrected chi connectivity index (χ3v) is 5.99. The Bertz CT molecular complexity index is 1280. The molecule has 0 aliphatic carbocycles. The highest BCUT2D eigenvalue weighted by Crippen LogP contribution is 2.23. The molecule has 0 amide bonds. The summed E-state index contributed by atoms with van der Waals surface area (Å²) in [7, 11) is 2.16. The molecule has 0 unspecified atom stereocenters. The van der Waals surface area contributed by atoms with E-state index in [9.17, 15) is 4.39 Å². The van der Waals surface area contributed by atoms with E-state index in [1.54, 1.807) is 18.4 Å². The Kier molecular flexibility index (Phi) is 7.34. The van der Waals surface area contributed by atoms with E-state index in [1.807, 2.05) is 36.4 Å². The first-order valence-electron chi connectivity index (χ1n) is 11.9. The molecule has 186 valence electrons. The second-order valence-corrected chi connectivity index (χ2v) is 8.72. The number of likely N-dealkylation sites (N-methyl/N-ethyl adjacent to an activating group) is 1. The van der Waals surface area contributed by atoms with Crippen LogP contribution in [0.3, 0.4) is 0 Å². The molecule has 4 aromatic rings. The summed E-state index contributed by atoms with van der Waals surface area (Å²) in [4.78, 5) is 14.1. The molecule has 36 heavy (non-hydrogen) atoms. The minimum atomic E-state index is -0.269. The first-order valence-corrected chi connectivity index (χ1v) is 11.9. The van der Waals surface area contributed by atoms with Crippen molar-refractivity contribution in [3.05, 3.63) is 72.0 Å². The summed E-state index contributed by atoms with van der Waals surface area (Å²) in [6, 6.07) is 13.7. The van der Waals surface area contributed by atoms with Gasteiger partial charge in [-0.3, -0.25) is 10.00 Å². The first kappa shape index (κ1) is 23.7. The third-order valence-electron chi connectivity index (χ3n) is 5.99. The number of halogens is 1. The van der Waals surface area contributed by atoms with Gasteiger partial charge in [-0.25, -0.2) is 14.4 Å². The van der Waals surface area contributed by atoms with Crippen molar-refractivity contribution in [2.45, 2.75) is 0 Å². The van der Waals surface area contributed by atoms with E-state index >= 15 is 0 Å². The van der Waals surface area contributed by atoms with Gasteiger partial charge in [0.25, 0.3) is 0 Å². The Morgan fingerprint density at radius 2 is 1.81 bits per heavy atom. The van der Waals surface area contributed by atoms with Crippen molar-refractivity contribution < 1.29 is 8.81 Å². The number of anilines is 3. The smallest absolute Gasteiger partial charge is 0.156 e. The molecule has 1 aliphatic heterocycles. The molecule has 1 aromatic carbocycles. The van der Waals surface area contributed by atoms with E-state index in [1.165, 1.54) is 12.1 Å². The second-order valence-electron chi connectivity index (χ2n) is 8.72. The van der Waals surface area contributed by atoms with Crippen LogP contribution in [0, 0.1) is 5.82 Å². The number of rotatable bonds is 9. The number of benzene rings is 1. The molecule has 5 rings (SSSR count). The predicted molar refractivity (Wildman–Crippen MR) is 139 cm³/mol. The molecule has 0 spiro atoms. The lowest BCUT2D eigenvalue weighted by Gasteiger charge is -2.32. The zero-order valence-corrected chi connectivity index (χ0v) is 20.1. The summed E-state index contributed by atoms with van der Waals surface area (Å²) in [6.45, 7) is 6.02. The van der Waals surface area contributed by atoms with E-state index in [-0.39, 0.29) is 5.82 Å². The molecule has 3 aromatic heterocycles. The average molecular weight is 489 g/mol. The van der Waals surface area contributed by atoms with Gasteiger partial charge < -0.3 is 20.0 Å². The van der Waals surface area contributed by atoms with Crippen molar-refractivity contribution in [1.82, 2.24) is 30.0 Å². The number of furan rings is 1. The van der Waals surface area contributed by atoms with Crippen LogP contribution in [0.15, 0.2) is 59.2 Å². The quantitative estimate of drug-likeness (QED) is 0.323. The minimum absolute atomic E-state index is 0.269. The van der Waals surface area contributed by atoms with E-state index in [2.05, 4.69) is 47.6 Å². The Morgan fingerprint density at radius 1 is 1.00 bits per heavy atom. The fourth-order valence-corrected chi connectivity index (χ4v) is 3.93. The van der Waals surface area contributed by atoms with Gasteiger partial charge in [0.1, 0.15) is 23.1 Å². The van der Waals surface area contributed by atoms with Gasteiger partial charge in [0, 0.05) is 51.4 Å². The third kappa shape index (κ3) is 6.35. The van der Waals surface area contributed by atoms with Crippen molar-refractivity contribution in [1.29, 1.82) is 0 Å². The minimum Gasteiger partial charge on any atom is -0.463 e. The van der Waals surface area contributed by atoms with Gasteiger partial charge in [0.05, 0.1) is 6.26 Å². The van der Waals surface area contributed by atoms with Crippen LogP contribution < -0.4 is 10.6 Å². The second kappa shape index (κ2) is 11.1. The maximum Gasteiger partial charge on any atom is 0.156 e.